The first-order valence-corrected chi connectivity index (χ1v) is 18.6. The Balaban J connectivity index is 0.000000167. The van der Waals surface area contributed by atoms with Crippen molar-refractivity contribution in [1.82, 2.24) is 0 Å². The molecule has 10 atom stereocenters. The third-order valence-electron chi connectivity index (χ3n) is 15.7. The molecule has 0 bridgehead atoms. The summed E-state index contributed by atoms with van der Waals surface area (Å²) in [5, 5.41) is 22.1. The SMILES string of the molecule is C#C[C@]1(O)CCC2C3CC=C4C=C(OC)CC[C@]4(C)C3=CC[C@@]21C.C=C[C@]1(O)CCC2C3CC=C4C=C(OC)CC[C@]4(C)C3=CC[C@@]21C.[HH]. The third kappa shape index (κ3) is 4.48. The van der Waals surface area contributed by atoms with Gasteiger partial charge in [0, 0.05) is 35.9 Å². The van der Waals surface area contributed by atoms with E-state index >= 15 is 0 Å². The van der Waals surface area contributed by atoms with Crippen LogP contribution in [-0.4, -0.2) is 35.6 Å². The Kier molecular flexibility index (Phi) is 8.01. The summed E-state index contributed by atoms with van der Waals surface area (Å²) < 4.78 is 11.0. The van der Waals surface area contributed by atoms with Crippen LogP contribution in [0, 0.1) is 57.7 Å². The number of allylic oxidation sites excluding steroid dienone is 12. The summed E-state index contributed by atoms with van der Waals surface area (Å²) in [6.07, 6.45) is 33.9. The molecule has 0 aromatic carbocycles. The average Bonchev–Trinajstić information content (AvgIpc) is 3.53. The molecule has 4 nitrogen and oxygen atoms in total. The Bertz CT molecular complexity index is 1620. The van der Waals surface area contributed by atoms with Crippen molar-refractivity contribution in [2.24, 2.45) is 45.3 Å². The van der Waals surface area contributed by atoms with Crippen LogP contribution in [0.15, 0.2) is 82.9 Å². The van der Waals surface area contributed by atoms with Crippen molar-refractivity contribution in [3.05, 3.63) is 82.9 Å². The molecular weight excluding hydrogens is 592 g/mol. The maximum Gasteiger partial charge on any atom is 0.131 e. The summed E-state index contributed by atoms with van der Waals surface area (Å²) in [6.45, 7) is 13.2. The lowest BCUT2D eigenvalue weighted by atomic mass is 9.52. The van der Waals surface area contributed by atoms with Gasteiger partial charge in [-0.3, -0.25) is 0 Å². The predicted molar refractivity (Wildman–Crippen MR) is 195 cm³/mol. The second-order valence-corrected chi connectivity index (χ2v) is 17.3. The second-order valence-electron chi connectivity index (χ2n) is 17.3. The molecule has 2 fully saturated rings. The molecule has 4 heteroatoms. The van der Waals surface area contributed by atoms with Crippen LogP contribution < -0.4 is 0 Å². The Morgan fingerprint density at radius 1 is 0.771 bits per heavy atom. The van der Waals surface area contributed by atoms with Crippen LogP contribution in [0.25, 0.3) is 0 Å². The van der Waals surface area contributed by atoms with Gasteiger partial charge < -0.3 is 19.7 Å². The fraction of sp³-hybridized carbons (Fsp3) is 0.636. The first kappa shape index (κ1) is 33.7. The standard InChI is InChI=1S/C22H30O2.C22H28O2.H2/c2*1-5-22(23)13-10-19-17-7-6-15-14-16(24-4)8-11-20(15,2)18(17)9-12-21(19,22)3;/h5-6,9,14,17,19,23H,1,7-8,10-13H2,2-4H3;1,6,9,14,17,19,23H,7-8,10-13H2,2-4H3;1H/t2*17?,19?,20-,21-,22-;/m00./s1. The van der Waals surface area contributed by atoms with Crippen LogP contribution in [0.5, 0.6) is 0 Å². The van der Waals surface area contributed by atoms with E-state index in [9.17, 15) is 10.2 Å². The van der Waals surface area contributed by atoms with Crippen LogP contribution in [0.1, 0.15) is 106 Å². The molecule has 4 unspecified atom stereocenters. The Morgan fingerprint density at radius 3 is 1.73 bits per heavy atom. The number of ether oxygens (including phenoxy) is 2. The zero-order valence-electron chi connectivity index (χ0n) is 30.3. The summed E-state index contributed by atoms with van der Waals surface area (Å²) in [4.78, 5) is 0. The Morgan fingerprint density at radius 2 is 1.25 bits per heavy atom. The van der Waals surface area contributed by atoms with Gasteiger partial charge in [-0.15, -0.1) is 13.0 Å². The maximum atomic E-state index is 11.1. The molecule has 0 saturated heterocycles. The molecule has 0 aromatic heterocycles. The Labute approximate surface area is 291 Å². The topological polar surface area (TPSA) is 58.9 Å². The van der Waals surface area contributed by atoms with E-state index in [0.29, 0.717) is 23.7 Å². The molecule has 48 heavy (non-hydrogen) atoms. The average molecular weight is 653 g/mol. The van der Waals surface area contributed by atoms with Gasteiger partial charge in [0.1, 0.15) is 5.60 Å². The molecule has 0 amide bonds. The number of aliphatic hydroxyl groups is 2. The summed E-state index contributed by atoms with van der Waals surface area (Å²) in [6, 6.07) is 0. The maximum absolute atomic E-state index is 11.1. The van der Waals surface area contributed by atoms with E-state index in [1.54, 1.807) is 25.4 Å². The molecule has 8 rings (SSSR count). The van der Waals surface area contributed by atoms with E-state index in [1.807, 2.05) is 6.08 Å². The normalized spacial score (nSPS) is 46.6. The molecule has 2 saturated carbocycles. The van der Waals surface area contributed by atoms with E-state index in [4.69, 9.17) is 15.9 Å². The lowest BCUT2D eigenvalue weighted by Gasteiger charge is -2.53. The summed E-state index contributed by atoms with van der Waals surface area (Å²) >= 11 is 0. The summed E-state index contributed by atoms with van der Waals surface area (Å²) in [7, 11) is 3.55. The van der Waals surface area contributed by atoms with Gasteiger partial charge in [-0.25, -0.2) is 0 Å². The highest BCUT2D eigenvalue weighted by Gasteiger charge is 2.62. The minimum Gasteiger partial charge on any atom is -0.501 e. The van der Waals surface area contributed by atoms with Gasteiger partial charge in [-0.05, 0) is 111 Å². The molecule has 8 aliphatic rings. The van der Waals surface area contributed by atoms with Gasteiger partial charge in [0.2, 0.25) is 0 Å². The van der Waals surface area contributed by atoms with Crippen LogP contribution in [-0.2, 0) is 9.47 Å². The van der Waals surface area contributed by atoms with Crippen molar-refractivity contribution in [2.75, 3.05) is 14.2 Å². The van der Waals surface area contributed by atoms with Crippen LogP contribution in [0.3, 0.4) is 0 Å². The summed E-state index contributed by atoms with van der Waals surface area (Å²) in [5.74, 6) is 7.09. The number of methoxy groups -OCH3 is 2. The highest BCUT2D eigenvalue weighted by Crippen LogP contribution is 2.66. The van der Waals surface area contributed by atoms with Gasteiger partial charge in [0.15, 0.2) is 0 Å². The largest absolute Gasteiger partial charge is 0.501 e. The van der Waals surface area contributed by atoms with Gasteiger partial charge in [0.25, 0.3) is 0 Å². The third-order valence-corrected chi connectivity index (χ3v) is 15.7. The molecule has 0 heterocycles. The zero-order chi connectivity index (χ0) is 34.3. The smallest absolute Gasteiger partial charge is 0.131 e. The highest BCUT2D eigenvalue weighted by molar-refractivity contribution is 5.47. The van der Waals surface area contributed by atoms with E-state index < -0.39 is 11.2 Å². The number of fused-ring (bicyclic) bond motifs is 10. The van der Waals surface area contributed by atoms with Gasteiger partial charge in [0.05, 0.1) is 31.3 Å². The minimum atomic E-state index is -0.944. The minimum absolute atomic E-state index is 0. The molecule has 0 spiro atoms. The van der Waals surface area contributed by atoms with Crippen molar-refractivity contribution in [1.29, 1.82) is 0 Å². The molecule has 8 aliphatic carbocycles. The van der Waals surface area contributed by atoms with Crippen molar-refractivity contribution in [3.8, 4) is 12.3 Å². The van der Waals surface area contributed by atoms with E-state index in [1.165, 1.54) is 11.1 Å². The van der Waals surface area contributed by atoms with Crippen molar-refractivity contribution in [3.63, 3.8) is 0 Å². The predicted octanol–water partition coefficient (Wildman–Crippen LogP) is 9.55. The molecule has 0 radical (unpaired) electrons. The molecule has 0 aromatic rings. The number of rotatable bonds is 3. The van der Waals surface area contributed by atoms with Crippen LogP contribution >= 0.6 is 0 Å². The van der Waals surface area contributed by atoms with Crippen LogP contribution in [0.2, 0.25) is 0 Å². The van der Waals surface area contributed by atoms with Crippen molar-refractivity contribution >= 4 is 0 Å². The van der Waals surface area contributed by atoms with E-state index in [-0.39, 0.29) is 23.1 Å². The van der Waals surface area contributed by atoms with Crippen LogP contribution in [0.4, 0.5) is 0 Å². The molecule has 2 N–H and O–H groups in total. The fourth-order valence-corrected chi connectivity index (χ4v) is 12.2. The first-order valence-electron chi connectivity index (χ1n) is 18.6. The second kappa shape index (κ2) is 11.4. The number of terminal acetylenes is 1. The Hall–Kier alpha value is -2.74. The quantitative estimate of drug-likeness (QED) is 0.236. The number of hydrogen-bond donors (Lipinski definition) is 2. The number of hydrogen-bond acceptors (Lipinski definition) is 4. The van der Waals surface area contributed by atoms with E-state index in [2.05, 4.69) is 76.7 Å². The lowest BCUT2D eigenvalue weighted by Crippen LogP contribution is -2.49. The van der Waals surface area contributed by atoms with Crippen molar-refractivity contribution < 1.29 is 21.1 Å². The fourth-order valence-electron chi connectivity index (χ4n) is 12.2. The first-order chi connectivity index (χ1) is 22.8. The van der Waals surface area contributed by atoms with Gasteiger partial charge in [-0.1, -0.05) is 75.1 Å². The lowest BCUT2D eigenvalue weighted by molar-refractivity contribution is -0.0424. The van der Waals surface area contributed by atoms with Gasteiger partial charge >= 0.3 is 0 Å². The summed E-state index contributed by atoms with van der Waals surface area (Å²) in [5.41, 5.74) is 4.46. The van der Waals surface area contributed by atoms with Gasteiger partial charge in [-0.2, -0.15) is 0 Å². The molecule has 260 valence electrons. The molecular formula is C44H60O4. The molecule has 0 aliphatic heterocycles. The zero-order valence-corrected chi connectivity index (χ0v) is 30.3. The van der Waals surface area contributed by atoms with E-state index in [0.717, 1.165) is 88.6 Å². The van der Waals surface area contributed by atoms with Crippen molar-refractivity contribution in [2.45, 2.75) is 116 Å². The monoisotopic (exact) mass is 652 g/mol. The highest BCUT2D eigenvalue weighted by atomic mass is 16.5.